The molecule has 0 amide bonds. The Morgan fingerprint density at radius 1 is 1.06 bits per heavy atom. The Kier molecular flexibility index (Phi) is 6.62. The molecule has 6 nitrogen and oxygen atoms in total. The molecule has 3 aromatic carbocycles. The van der Waals surface area contributed by atoms with Crippen LogP contribution in [0.5, 0.6) is 0 Å². The number of nitriles is 1. The highest BCUT2D eigenvalue weighted by molar-refractivity contribution is 7.90. The normalized spacial score (nSPS) is 11.3. The van der Waals surface area contributed by atoms with Crippen LogP contribution in [-0.4, -0.2) is 19.7 Å². The SMILES string of the molecule is CS(=O)(=O)c1cccc(CNc2cc(Cl)c3ncc(C#N)c(Nc4ccc(F)c(Cl)c4)c3c2)c1. The van der Waals surface area contributed by atoms with Crippen LogP contribution < -0.4 is 10.6 Å². The van der Waals surface area contributed by atoms with Crippen molar-refractivity contribution in [2.75, 3.05) is 16.9 Å². The zero-order valence-electron chi connectivity index (χ0n) is 17.7. The first-order chi connectivity index (χ1) is 16.2. The van der Waals surface area contributed by atoms with Gasteiger partial charge in [-0.25, -0.2) is 12.8 Å². The van der Waals surface area contributed by atoms with E-state index < -0.39 is 15.7 Å². The first kappa shape index (κ1) is 23.8. The second kappa shape index (κ2) is 9.47. The molecule has 2 N–H and O–H groups in total. The summed E-state index contributed by atoms with van der Waals surface area (Å²) in [5.74, 6) is -0.554. The van der Waals surface area contributed by atoms with Gasteiger partial charge in [-0.05, 0) is 48.0 Å². The van der Waals surface area contributed by atoms with E-state index >= 15 is 0 Å². The van der Waals surface area contributed by atoms with Gasteiger partial charge < -0.3 is 10.6 Å². The van der Waals surface area contributed by atoms with Crippen LogP contribution in [0.2, 0.25) is 10.0 Å². The Hall–Kier alpha value is -3.38. The molecule has 0 radical (unpaired) electrons. The van der Waals surface area contributed by atoms with Crippen molar-refractivity contribution in [2.24, 2.45) is 0 Å². The molecule has 172 valence electrons. The van der Waals surface area contributed by atoms with Crippen LogP contribution in [0.1, 0.15) is 11.1 Å². The van der Waals surface area contributed by atoms with Gasteiger partial charge in [0.2, 0.25) is 0 Å². The molecule has 0 atom stereocenters. The number of pyridine rings is 1. The lowest BCUT2D eigenvalue weighted by atomic mass is 10.1. The predicted molar refractivity (Wildman–Crippen MR) is 133 cm³/mol. The van der Waals surface area contributed by atoms with Crippen LogP contribution in [0.4, 0.5) is 21.5 Å². The monoisotopic (exact) mass is 514 g/mol. The molecule has 1 heterocycles. The molecule has 0 aliphatic rings. The van der Waals surface area contributed by atoms with Crippen molar-refractivity contribution in [2.45, 2.75) is 11.4 Å². The number of halogens is 3. The lowest BCUT2D eigenvalue weighted by molar-refractivity contribution is 0.601. The summed E-state index contributed by atoms with van der Waals surface area (Å²) in [6.45, 7) is 0.340. The number of nitrogens with zero attached hydrogens (tertiary/aromatic N) is 2. The maximum atomic E-state index is 13.6. The minimum atomic E-state index is -3.32. The zero-order chi connectivity index (χ0) is 24.5. The molecule has 0 spiro atoms. The molecule has 0 saturated carbocycles. The molecule has 1 aromatic heterocycles. The summed E-state index contributed by atoms with van der Waals surface area (Å²) in [5, 5.41) is 16.8. The molecule has 0 fully saturated rings. The maximum absolute atomic E-state index is 13.6. The number of aromatic nitrogens is 1. The molecule has 34 heavy (non-hydrogen) atoms. The summed E-state index contributed by atoms with van der Waals surface area (Å²) in [6, 6.07) is 16.4. The minimum Gasteiger partial charge on any atom is -0.381 e. The van der Waals surface area contributed by atoms with Crippen LogP contribution in [0.3, 0.4) is 0 Å². The molecule has 4 aromatic rings. The largest absolute Gasteiger partial charge is 0.381 e. The van der Waals surface area contributed by atoms with Crippen molar-refractivity contribution >= 4 is 61.0 Å². The maximum Gasteiger partial charge on any atom is 0.175 e. The van der Waals surface area contributed by atoms with Crippen molar-refractivity contribution in [1.82, 2.24) is 4.98 Å². The minimum absolute atomic E-state index is 0.0569. The van der Waals surface area contributed by atoms with E-state index in [1.165, 1.54) is 24.4 Å². The van der Waals surface area contributed by atoms with E-state index in [9.17, 15) is 18.1 Å². The van der Waals surface area contributed by atoms with Crippen molar-refractivity contribution in [3.05, 3.63) is 87.8 Å². The number of nitrogens with one attached hydrogen (secondary N) is 2. The molecule has 10 heteroatoms. The van der Waals surface area contributed by atoms with Crippen molar-refractivity contribution in [3.8, 4) is 6.07 Å². The third-order valence-electron chi connectivity index (χ3n) is 5.06. The van der Waals surface area contributed by atoms with E-state index in [0.717, 1.165) is 11.8 Å². The van der Waals surface area contributed by atoms with E-state index in [-0.39, 0.29) is 15.5 Å². The van der Waals surface area contributed by atoms with Crippen molar-refractivity contribution < 1.29 is 12.8 Å². The standard InChI is InChI=1S/C24H17Cl2FN4O2S/c1-34(32,33)18-4-2-3-14(7-18)12-29-17-8-19-23(31-16-5-6-22(27)20(25)9-16)15(11-28)13-30-24(19)21(26)10-17/h2-10,13,29H,12H2,1H3,(H,30,31). The fraction of sp³-hybridized carbons (Fsp3) is 0.0833. The Bertz CT molecular complexity index is 1570. The van der Waals surface area contributed by atoms with Gasteiger partial charge in [0.05, 0.1) is 31.7 Å². The van der Waals surface area contributed by atoms with Crippen LogP contribution in [-0.2, 0) is 16.4 Å². The summed E-state index contributed by atoms with van der Waals surface area (Å²) < 4.78 is 37.2. The topological polar surface area (TPSA) is 94.9 Å². The Morgan fingerprint density at radius 2 is 1.82 bits per heavy atom. The molecule has 0 unspecified atom stereocenters. The van der Waals surface area contributed by atoms with Crippen LogP contribution >= 0.6 is 23.2 Å². The summed E-state index contributed by atoms with van der Waals surface area (Å²) >= 11 is 12.4. The zero-order valence-corrected chi connectivity index (χ0v) is 20.1. The van der Waals surface area contributed by atoms with Gasteiger partial charge in [0.25, 0.3) is 0 Å². The Balaban J connectivity index is 1.72. The number of hydrogen-bond donors (Lipinski definition) is 2. The van der Waals surface area contributed by atoms with Crippen LogP contribution in [0.25, 0.3) is 10.9 Å². The van der Waals surface area contributed by atoms with Gasteiger partial charge >= 0.3 is 0 Å². The lowest BCUT2D eigenvalue weighted by Crippen LogP contribution is -2.03. The first-order valence-electron chi connectivity index (χ1n) is 9.93. The third kappa shape index (κ3) is 5.07. The van der Waals surface area contributed by atoms with Gasteiger partial charge in [-0.2, -0.15) is 5.26 Å². The molecule has 0 aliphatic heterocycles. The smallest absolute Gasteiger partial charge is 0.175 e. The van der Waals surface area contributed by atoms with E-state index in [1.807, 2.05) is 6.07 Å². The van der Waals surface area contributed by atoms with Gasteiger partial charge in [-0.15, -0.1) is 0 Å². The van der Waals surface area contributed by atoms with Crippen molar-refractivity contribution in [3.63, 3.8) is 0 Å². The van der Waals surface area contributed by atoms with Crippen molar-refractivity contribution in [1.29, 1.82) is 5.26 Å². The highest BCUT2D eigenvalue weighted by Gasteiger charge is 2.14. The Labute approximate surface area is 205 Å². The average molecular weight is 515 g/mol. The molecular formula is C24H17Cl2FN4O2S. The van der Waals surface area contributed by atoms with Crippen LogP contribution in [0, 0.1) is 17.1 Å². The summed E-state index contributed by atoms with van der Waals surface area (Å²) in [4.78, 5) is 4.54. The fourth-order valence-electron chi connectivity index (χ4n) is 3.39. The summed E-state index contributed by atoms with van der Waals surface area (Å²) in [6.07, 6.45) is 2.57. The third-order valence-corrected chi connectivity index (χ3v) is 6.75. The molecule has 4 rings (SSSR count). The number of rotatable bonds is 6. The molecule has 0 bridgehead atoms. The van der Waals surface area contributed by atoms with E-state index in [2.05, 4.69) is 21.7 Å². The summed E-state index contributed by atoms with van der Waals surface area (Å²) in [7, 11) is -3.32. The molecule has 0 aliphatic carbocycles. The summed E-state index contributed by atoms with van der Waals surface area (Å²) in [5.41, 5.74) is 3.08. The van der Waals surface area contributed by atoms with Crippen LogP contribution in [0.15, 0.2) is 65.7 Å². The lowest BCUT2D eigenvalue weighted by Gasteiger charge is -2.15. The number of anilines is 3. The van der Waals surface area contributed by atoms with E-state index in [1.54, 1.807) is 30.3 Å². The highest BCUT2D eigenvalue weighted by atomic mass is 35.5. The number of sulfone groups is 1. The van der Waals surface area contributed by atoms with Gasteiger partial charge in [0.15, 0.2) is 9.84 Å². The van der Waals surface area contributed by atoms with Gasteiger partial charge in [-0.3, -0.25) is 4.98 Å². The number of hydrogen-bond acceptors (Lipinski definition) is 6. The van der Waals surface area contributed by atoms with E-state index in [0.29, 0.717) is 39.5 Å². The van der Waals surface area contributed by atoms with Gasteiger partial charge in [0.1, 0.15) is 11.9 Å². The number of benzene rings is 3. The Morgan fingerprint density at radius 3 is 2.53 bits per heavy atom. The van der Waals surface area contributed by atoms with Gasteiger partial charge in [0, 0.05) is 35.8 Å². The quantitative estimate of drug-likeness (QED) is 0.313. The molecular weight excluding hydrogens is 498 g/mol. The fourth-order valence-corrected chi connectivity index (χ4v) is 4.53. The first-order valence-corrected chi connectivity index (χ1v) is 12.6. The second-order valence-electron chi connectivity index (χ2n) is 7.54. The highest BCUT2D eigenvalue weighted by Crippen LogP contribution is 2.35. The van der Waals surface area contributed by atoms with Gasteiger partial charge in [-0.1, -0.05) is 35.3 Å². The predicted octanol–water partition coefficient (Wildman–Crippen LogP) is 6.31. The second-order valence-corrected chi connectivity index (χ2v) is 10.4. The molecule has 0 saturated heterocycles. The number of fused-ring (bicyclic) bond motifs is 1. The average Bonchev–Trinajstić information content (AvgIpc) is 2.80. The van der Waals surface area contributed by atoms with E-state index in [4.69, 9.17) is 23.2 Å².